The quantitative estimate of drug-likeness (QED) is 0.211. The van der Waals surface area contributed by atoms with Gasteiger partial charge < -0.3 is 9.46 Å². The highest BCUT2D eigenvalue weighted by molar-refractivity contribution is 6.85. The van der Waals surface area contributed by atoms with Crippen molar-refractivity contribution in [3.05, 3.63) is 158 Å². The topological polar surface area (TPSA) is 46.5 Å². The largest absolute Gasteiger partial charge is 0.375 e. The normalized spacial score (nSPS) is 11.6. The third kappa shape index (κ3) is 3.94. The summed E-state index contributed by atoms with van der Waals surface area (Å²) in [7, 11) is 0. The summed E-state index contributed by atoms with van der Waals surface area (Å²) in [4.78, 5) is 13.8. The molecule has 9 aromatic rings. The van der Waals surface area contributed by atoms with Crippen LogP contribution in [0.15, 0.2) is 158 Å². The number of nitrogens with zero attached hydrogens (tertiary/aromatic N) is 3. The number of pyridine rings is 2. The lowest BCUT2D eigenvalue weighted by atomic mass is 9.50. The molecular weight excluding hydrogens is 547 g/mol. The highest BCUT2D eigenvalue weighted by atomic mass is 14.9. The molecular formula is C40H27BN4. The molecule has 0 bridgehead atoms. The van der Waals surface area contributed by atoms with E-state index in [0.717, 1.165) is 50.0 Å². The molecule has 0 atom stereocenters. The summed E-state index contributed by atoms with van der Waals surface area (Å²) >= 11 is 0. The number of hydrogen-bond acceptors (Lipinski definition) is 2. The van der Waals surface area contributed by atoms with E-state index in [1.807, 2.05) is 24.5 Å². The lowest BCUT2D eigenvalue weighted by Crippen LogP contribution is -2.48. The average Bonchev–Trinajstić information content (AvgIpc) is 3.66. The predicted octanol–water partition coefficient (Wildman–Crippen LogP) is 8.21. The summed E-state index contributed by atoms with van der Waals surface area (Å²) < 4.78 is 2.55. The first-order valence-electron chi connectivity index (χ1n) is 15.3. The first kappa shape index (κ1) is 25.6. The van der Waals surface area contributed by atoms with Gasteiger partial charge in [-0.15, -0.1) is 0 Å². The lowest BCUT2D eigenvalue weighted by Gasteiger charge is -2.21. The van der Waals surface area contributed by atoms with Crippen LogP contribution in [-0.4, -0.2) is 26.3 Å². The zero-order valence-corrected chi connectivity index (χ0v) is 24.4. The Balaban J connectivity index is 1.60. The van der Waals surface area contributed by atoms with Crippen molar-refractivity contribution in [3.8, 4) is 22.5 Å². The standard InChI is InChI=1S/C40H27BN4/c1-3-15-27(16-4-1)41(28-17-5-2-6-18-28)45-34-24-10-8-20-30(34)36-37(32-22-11-13-25-42-32)39-35(29-19-7-9-21-31(29)44-39)38(40(36)45)33-23-12-14-26-43-33/h1-26,44H. The van der Waals surface area contributed by atoms with Gasteiger partial charge in [0.05, 0.1) is 16.9 Å². The summed E-state index contributed by atoms with van der Waals surface area (Å²) in [6.07, 6.45) is 3.78. The Morgan fingerprint density at radius 2 is 1.04 bits per heavy atom. The second-order valence-corrected chi connectivity index (χ2v) is 11.4. The van der Waals surface area contributed by atoms with E-state index >= 15 is 0 Å². The Morgan fingerprint density at radius 1 is 0.489 bits per heavy atom. The fraction of sp³-hybridized carbons (Fsp3) is 0. The maximum absolute atomic E-state index is 5.01. The van der Waals surface area contributed by atoms with Crippen molar-refractivity contribution < 1.29 is 0 Å². The molecule has 4 aromatic heterocycles. The van der Waals surface area contributed by atoms with Gasteiger partial charge in [0, 0.05) is 61.6 Å². The van der Waals surface area contributed by atoms with Crippen LogP contribution < -0.4 is 10.9 Å². The summed E-state index contributed by atoms with van der Waals surface area (Å²) in [5.74, 6) is 0. The molecule has 0 aliphatic heterocycles. The van der Waals surface area contributed by atoms with Crippen molar-refractivity contribution in [2.45, 2.75) is 0 Å². The molecule has 0 unspecified atom stereocenters. The second kappa shape index (κ2) is 10.4. The van der Waals surface area contributed by atoms with Gasteiger partial charge in [-0.1, -0.05) is 120 Å². The number of rotatable bonds is 5. The number of nitrogens with one attached hydrogen (secondary N) is 1. The number of H-pyrrole nitrogens is 1. The third-order valence-corrected chi connectivity index (χ3v) is 8.93. The van der Waals surface area contributed by atoms with Crippen molar-refractivity contribution >= 4 is 61.4 Å². The first-order valence-corrected chi connectivity index (χ1v) is 15.3. The lowest BCUT2D eigenvalue weighted by molar-refractivity contribution is 1.31. The number of hydrogen-bond donors (Lipinski definition) is 1. The van der Waals surface area contributed by atoms with Gasteiger partial charge in [-0.2, -0.15) is 0 Å². The molecule has 0 aliphatic rings. The number of fused-ring (bicyclic) bond motifs is 6. The average molecular weight is 574 g/mol. The van der Waals surface area contributed by atoms with E-state index < -0.39 is 0 Å². The molecule has 9 rings (SSSR count). The highest BCUT2D eigenvalue weighted by Gasteiger charge is 2.32. The molecule has 1 N–H and O–H groups in total. The van der Waals surface area contributed by atoms with Crippen LogP contribution in [0.4, 0.5) is 0 Å². The molecule has 0 aliphatic carbocycles. The van der Waals surface area contributed by atoms with Crippen LogP contribution >= 0.6 is 0 Å². The number of aromatic amines is 1. The fourth-order valence-corrected chi connectivity index (χ4v) is 7.15. The van der Waals surface area contributed by atoms with Crippen LogP contribution in [0, 0.1) is 0 Å². The molecule has 210 valence electrons. The van der Waals surface area contributed by atoms with Crippen LogP contribution in [0.5, 0.6) is 0 Å². The summed E-state index contributed by atoms with van der Waals surface area (Å²) in [5, 5.41) is 4.67. The third-order valence-electron chi connectivity index (χ3n) is 8.93. The van der Waals surface area contributed by atoms with Gasteiger partial charge in [0.15, 0.2) is 0 Å². The Kier molecular flexibility index (Phi) is 5.88. The van der Waals surface area contributed by atoms with E-state index in [0.29, 0.717) is 0 Å². The van der Waals surface area contributed by atoms with Crippen LogP contribution in [0.2, 0.25) is 0 Å². The highest BCUT2D eigenvalue weighted by Crippen LogP contribution is 2.48. The molecule has 0 amide bonds. The van der Waals surface area contributed by atoms with Crippen molar-refractivity contribution in [2.24, 2.45) is 0 Å². The Hall–Kier alpha value is -5.94. The smallest absolute Gasteiger partial charge is 0.328 e. The number of benzene rings is 5. The zero-order valence-electron chi connectivity index (χ0n) is 24.4. The maximum atomic E-state index is 5.01. The monoisotopic (exact) mass is 574 g/mol. The van der Waals surface area contributed by atoms with E-state index in [-0.39, 0.29) is 6.85 Å². The van der Waals surface area contributed by atoms with Gasteiger partial charge in [-0.05, 0) is 36.4 Å². The molecule has 0 fully saturated rings. The number of para-hydroxylation sites is 2. The van der Waals surface area contributed by atoms with Gasteiger partial charge in [0.1, 0.15) is 0 Å². The fourth-order valence-electron chi connectivity index (χ4n) is 7.15. The van der Waals surface area contributed by atoms with Gasteiger partial charge in [0.2, 0.25) is 0 Å². The Labute approximate surface area is 260 Å². The summed E-state index contributed by atoms with van der Waals surface area (Å²) in [6, 6.07) is 51.4. The van der Waals surface area contributed by atoms with E-state index in [9.17, 15) is 0 Å². The molecule has 0 saturated carbocycles. The maximum Gasteiger partial charge on any atom is 0.328 e. The van der Waals surface area contributed by atoms with E-state index in [2.05, 4.69) is 143 Å². The van der Waals surface area contributed by atoms with Crippen molar-refractivity contribution in [1.82, 2.24) is 19.4 Å². The molecule has 4 nitrogen and oxygen atoms in total. The van der Waals surface area contributed by atoms with Gasteiger partial charge >= 0.3 is 6.85 Å². The minimum atomic E-state index is -0.0866. The van der Waals surface area contributed by atoms with Crippen LogP contribution in [-0.2, 0) is 0 Å². The molecule has 45 heavy (non-hydrogen) atoms. The summed E-state index contributed by atoms with van der Waals surface area (Å²) in [5.41, 5.74) is 11.0. The summed E-state index contributed by atoms with van der Waals surface area (Å²) in [6.45, 7) is -0.0866. The van der Waals surface area contributed by atoms with Crippen LogP contribution in [0.25, 0.3) is 66.1 Å². The second-order valence-electron chi connectivity index (χ2n) is 11.4. The van der Waals surface area contributed by atoms with E-state index in [4.69, 9.17) is 9.97 Å². The van der Waals surface area contributed by atoms with Crippen molar-refractivity contribution in [1.29, 1.82) is 0 Å². The van der Waals surface area contributed by atoms with Crippen molar-refractivity contribution in [3.63, 3.8) is 0 Å². The molecule has 0 spiro atoms. The van der Waals surface area contributed by atoms with Gasteiger partial charge in [-0.3, -0.25) is 9.97 Å². The number of aromatic nitrogens is 4. The predicted molar refractivity (Wildman–Crippen MR) is 189 cm³/mol. The molecule has 0 saturated heterocycles. The molecule has 4 heterocycles. The van der Waals surface area contributed by atoms with Gasteiger partial charge in [0.25, 0.3) is 0 Å². The van der Waals surface area contributed by atoms with Crippen molar-refractivity contribution in [2.75, 3.05) is 0 Å². The first-order chi connectivity index (χ1) is 22.4. The Bertz CT molecular complexity index is 2430. The minimum Gasteiger partial charge on any atom is -0.375 e. The van der Waals surface area contributed by atoms with E-state index in [1.165, 1.54) is 27.1 Å². The van der Waals surface area contributed by atoms with E-state index in [1.54, 1.807) is 0 Å². The van der Waals surface area contributed by atoms with Gasteiger partial charge in [-0.25, -0.2) is 0 Å². The minimum absolute atomic E-state index is 0.0866. The Morgan fingerprint density at radius 3 is 1.69 bits per heavy atom. The zero-order chi connectivity index (χ0) is 29.7. The SMILES string of the molecule is c1ccc(B(c2ccccc2)n2c3ccccc3c3c(-c4ccccn4)c4[nH]c5ccccc5c4c(-c4ccccn4)c32)cc1. The molecule has 5 heteroatoms. The van der Waals surface area contributed by atoms with Crippen LogP contribution in [0.1, 0.15) is 0 Å². The molecule has 0 radical (unpaired) electrons. The van der Waals surface area contributed by atoms with Crippen LogP contribution in [0.3, 0.4) is 0 Å². The molecule has 5 aromatic carbocycles.